The lowest BCUT2D eigenvalue weighted by Crippen LogP contribution is -2.55. The van der Waals surface area contributed by atoms with Gasteiger partial charge in [-0.25, -0.2) is 0 Å². The van der Waals surface area contributed by atoms with Gasteiger partial charge in [0.15, 0.2) is 0 Å². The zero-order chi connectivity index (χ0) is 10.4. The van der Waals surface area contributed by atoms with E-state index in [1.165, 1.54) is 0 Å². The monoisotopic (exact) mass is 196 g/mol. The molecule has 2 aliphatic carbocycles. The van der Waals surface area contributed by atoms with Gasteiger partial charge in [0.1, 0.15) is 11.6 Å². The summed E-state index contributed by atoms with van der Waals surface area (Å²) < 4.78 is 0. The van der Waals surface area contributed by atoms with Crippen molar-refractivity contribution in [2.75, 3.05) is 0 Å². The molecule has 0 aromatic carbocycles. The van der Waals surface area contributed by atoms with Crippen LogP contribution < -0.4 is 0 Å². The van der Waals surface area contributed by atoms with E-state index in [-0.39, 0.29) is 29.8 Å². The van der Waals surface area contributed by atoms with Crippen LogP contribution in [-0.2, 0) is 9.59 Å². The number of rotatable bonds is 0. The van der Waals surface area contributed by atoms with Crippen molar-refractivity contribution in [2.45, 2.75) is 51.0 Å². The van der Waals surface area contributed by atoms with Gasteiger partial charge in [-0.3, -0.25) is 9.59 Å². The van der Waals surface area contributed by atoms with E-state index in [1.807, 2.05) is 6.92 Å². The molecule has 2 aliphatic rings. The van der Waals surface area contributed by atoms with Gasteiger partial charge in [0.05, 0.1) is 5.60 Å². The summed E-state index contributed by atoms with van der Waals surface area (Å²) in [6.45, 7) is 2.01. The maximum atomic E-state index is 11.3. The second-order valence-electron chi connectivity index (χ2n) is 5.02. The Kier molecular flexibility index (Phi) is 2.03. The Balaban J connectivity index is 2.29. The highest BCUT2D eigenvalue weighted by Gasteiger charge is 2.53. The van der Waals surface area contributed by atoms with Gasteiger partial charge in [-0.15, -0.1) is 0 Å². The Morgan fingerprint density at radius 3 is 1.93 bits per heavy atom. The van der Waals surface area contributed by atoms with Crippen molar-refractivity contribution >= 4 is 11.6 Å². The van der Waals surface area contributed by atoms with Crippen LogP contribution in [0.2, 0.25) is 0 Å². The van der Waals surface area contributed by atoms with E-state index in [2.05, 4.69) is 0 Å². The molecule has 0 aromatic rings. The third-order valence-corrected chi connectivity index (χ3v) is 4.01. The lowest BCUT2D eigenvalue weighted by molar-refractivity contribution is -0.162. The molecule has 0 atom stereocenters. The second kappa shape index (κ2) is 2.89. The summed E-state index contributed by atoms with van der Waals surface area (Å²) in [6.07, 6.45) is 2.94. The summed E-state index contributed by atoms with van der Waals surface area (Å²) in [5, 5.41) is 10.3. The lowest BCUT2D eigenvalue weighted by atomic mass is 9.57. The van der Waals surface area contributed by atoms with E-state index in [4.69, 9.17) is 0 Å². The van der Waals surface area contributed by atoms with E-state index >= 15 is 0 Å². The molecule has 1 N–H and O–H groups in total. The van der Waals surface area contributed by atoms with Crippen LogP contribution in [0.4, 0.5) is 0 Å². The lowest BCUT2D eigenvalue weighted by Gasteiger charge is -2.50. The molecular weight excluding hydrogens is 180 g/mol. The average molecular weight is 196 g/mol. The molecule has 0 aromatic heterocycles. The zero-order valence-corrected chi connectivity index (χ0v) is 8.51. The molecule has 2 saturated carbocycles. The van der Waals surface area contributed by atoms with Gasteiger partial charge in [-0.1, -0.05) is 6.92 Å². The number of ketones is 2. The van der Waals surface area contributed by atoms with Crippen molar-refractivity contribution in [1.29, 1.82) is 0 Å². The molecule has 0 amide bonds. The van der Waals surface area contributed by atoms with Gasteiger partial charge in [0.2, 0.25) is 0 Å². The van der Waals surface area contributed by atoms with Crippen molar-refractivity contribution in [3.05, 3.63) is 0 Å². The molecule has 3 nitrogen and oxygen atoms in total. The van der Waals surface area contributed by atoms with E-state index in [9.17, 15) is 14.7 Å². The molecule has 0 saturated heterocycles. The number of hydrogen-bond donors (Lipinski definition) is 1. The van der Waals surface area contributed by atoms with E-state index in [0.717, 1.165) is 12.8 Å². The van der Waals surface area contributed by atoms with Crippen LogP contribution in [0.1, 0.15) is 45.4 Å². The maximum absolute atomic E-state index is 11.3. The van der Waals surface area contributed by atoms with Crippen LogP contribution in [0.3, 0.4) is 0 Å². The van der Waals surface area contributed by atoms with Crippen LogP contribution in [0.5, 0.6) is 0 Å². The topological polar surface area (TPSA) is 54.4 Å². The molecule has 0 unspecified atom stereocenters. The first kappa shape index (κ1) is 9.84. The summed E-state index contributed by atoms with van der Waals surface area (Å²) in [5.41, 5.74) is -1.26. The van der Waals surface area contributed by atoms with E-state index < -0.39 is 5.60 Å². The SMILES string of the molecule is C[C@]12CCC(=O)C[C@@]1(O)CC(=O)CC2. The first-order valence-electron chi connectivity index (χ1n) is 5.21. The normalized spacial score (nSPS) is 43.6. The minimum Gasteiger partial charge on any atom is -0.388 e. The first-order chi connectivity index (χ1) is 6.45. The Bertz CT molecular complexity index is 271. The van der Waals surface area contributed by atoms with Crippen molar-refractivity contribution in [1.82, 2.24) is 0 Å². The number of carbonyl (C=O) groups is 2. The highest BCUT2D eigenvalue weighted by molar-refractivity contribution is 5.85. The molecule has 0 aliphatic heterocycles. The Morgan fingerprint density at radius 1 is 1.07 bits per heavy atom. The molecule has 14 heavy (non-hydrogen) atoms. The van der Waals surface area contributed by atoms with Gasteiger partial charge in [0.25, 0.3) is 0 Å². The fourth-order valence-electron chi connectivity index (χ4n) is 2.74. The third kappa shape index (κ3) is 1.31. The summed E-state index contributed by atoms with van der Waals surface area (Å²) in [4.78, 5) is 22.6. The van der Waals surface area contributed by atoms with Crippen molar-refractivity contribution < 1.29 is 14.7 Å². The molecule has 2 rings (SSSR count). The van der Waals surface area contributed by atoms with Crippen molar-refractivity contribution in [2.24, 2.45) is 5.41 Å². The summed E-state index contributed by atoms with van der Waals surface area (Å²) in [7, 11) is 0. The molecule has 2 fully saturated rings. The highest BCUT2D eigenvalue weighted by atomic mass is 16.3. The van der Waals surface area contributed by atoms with E-state index in [0.29, 0.717) is 12.8 Å². The summed E-state index contributed by atoms with van der Waals surface area (Å²) >= 11 is 0. The van der Waals surface area contributed by atoms with Crippen molar-refractivity contribution in [3.63, 3.8) is 0 Å². The number of fused-ring (bicyclic) bond motifs is 1. The van der Waals surface area contributed by atoms with Crippen LogP contribution >= 0.6 is 0 Å². The average Bonchev–Trinajstić information content (AvgIpc) is 2.08. The molecule has 3 heteroatoms. The second-order valence-corrected chi connectivity index (χ2v) is 5.02. The molecule has 0 bridgehead atoms. The molecule has 0 heterocycles. The fraction of sp³-hybridized carbons (Fsp3) is 0.818. The Labute approximate surface area is 83.5 Å². The minimum absolute atomic E-state index is 0.0969. The van der Waals surface area contributed by atoms with Crippen LogP contribution in [0.25, 0.3) is 0 Å². The molecule has 78 valence electrons. The predicted octanol–water partition coefficient (Wildman–Crippen LogP) is 1.23. The van der Waals surface area contributed by atoms with Crippen LogP contribution in [0, 0.1) is 5.41 Å². The van der Waals surface area contributed by atoms with Crippen LogP contribution in [-0.4, -0.2) is 22.3 Å². The third-order valence-electron chi connectivity index (χ3n) is 4.01. The fourth-order valence-corrected chi connectivity index (χ4v) is 2.74. The molecular formula is C11H16O3. The first-order valence-corrected chi connectivity index (χ1v) is 5.21. The summed E-state index contributed by atoms with van der Waals surface area (Å²) in [6, 6.07) is 0. The standard InChI is InChI=1S/C11H16O3/c1-10-4-2-8(12)6-11(10,14)7-9(13)3-5-10/h14H,2-7H2,1H3/t10-,11-. The molecule has 0 spiro atoms. The van der Waals surface area contributed by atoms with Crippen molar-refractivity contribution in [3.8, 4) is 0 Å². The smallest absolute Gasteiger partial charge is 0.135 e. The Morgan fingerprint density at radius 2 is 1.50 bits per heavy atom. The van der Waals surface area contributed by atoms with Gasteiger partial charge < -0.3 is 5.11 Å². The van der Waals surface area contributed by atoms with Crippen LogP contribution in [0.15, 0.2) is 0 Å². The predicted molar refractivity (Wildman–Crippen MR) is 50.8 cm³/mol. The maximum Gasteiger partial charge on any atom is 0.135 e. The van der Waals surface area contributed by atoms with Gasteiger partial charge in [0, 0.05) is 25.7 Å². The summed E-state index contributed by atoms with van der Waals surface area (Å²) in [5.74, 6) is 0.194. The highest BCUT2D eigenvalue weighted by Crippen LogP contribution is 2.50. The Hall–Kier alpha value is -0.700. The van der Waals surface area contributed by atoms with E-state index in [1.54, 1.807) is 0 Å². The number of aliphatic hydroxyl groups is 1. The van der Waals surface area contributed by atoms with Gasteiger partial charge >= 0.3 is 0 Å². The zero-order valence-electron chi connectivity index (χ0n) is 8.51. The number of carbonyl (C=O) groups excluding carboxylic acids is 2. The van der Waals surface area contributed by atoms with Gasteiger partial charge in [-0.2, -0.15) is 0 Å². The molecule has 0 radical (unpaired) electrons. The number of hydrogen-bond acceptors (Lipinski definition) is 3. The van der Waals surface area contributed by atoms with Gasteiger partial charge in [-0.05, 0) is 18.3 Å². The largest absolute Gasteiger partial charge is 0.388 e. The minimum atomic E-state index is -1.04. The number of Topliss-reactive ketones (excluding diaryl/α,β-unsaturated/α-hetero) is 2. The quantitative estimate of drug-likeness (QED) is 0.634.